The van der Waals surface area contributed by atoms with E-state index >= 15 is 0 Å². The number of amides is 1. The Morgan fingerprint density at radius 2 is 2.09 bits per heavy atom. The molecule has 2 atom stereocenters. The van der Waals surface area contributed by atoms with Gasteiger partial charge in [0.15, 0.2) is 0 Å². The van der Waals surface area contributed by atoms with Crippen molar-refractivity contribution in [2.75, 3.05) is 0 Å². The summed E-state index contributed by atoms with van der Waals surface area (Å²) < 4.78 is 5.10. The lowest BCUT2D eigenvalue weighted by Crippen LogP contribution is -2.34. The molecule has 0 saturated carbocycles. The molecule has 122 valence electrons. The molecule has 23 heavy (non-hydrogen) atoms. The first-order chi connectivity index (χ1) is 11.0. The molecule has 0 bridgehead atoms. The van der Waals surface area contributed by atoms with E-state index in [0.29, 0.717) is 11.3 Å². The number of rotatable bonds is 7. The van der Waals surface area contributed by atoms with Gasteiger partial charge in [-0.25, -0.2) is 0 Å². The van der Waals surface area contributed by atoms with E-state index in [4.69, 9.17) is 4.42 Å². The van der Waals surface area contributed by atoms with Gasteiger partial charge < -0.3 is 14.8 Å². The summed E-state index contributed by atoms with van der Waals surface area (Å²) in [5.41, 5.74) is 0.278. The summed E-state index contributed by atoms with van der Waals surface area (Å²) in [6, 6.07) is 9.17. The van der Waals surface area contributed by atoms with Crippen LogP contribution in [0.4, 0.5) is 5.69 Å². The third kappa shape index (κ3) is 4.65. The number of para-hydroxylation sites is 1. The first kappa shape index (κ1) is 16.7. The minimum atomic E-state index is -0.814. The number of aliphatic hydroxyl groups is 1. The molecular formula is C16H18N2O5. The summed E-state index contributed by atoms with van der Waals surface area (Å²) in [5, 5.41) is 23.6. The lowest BCUT2D eigenvalue weighted by atomic mass is 10.1. The van der Waals surface area contributed by atoms with Crippen LogP contribution in [0.5, 0.6) is 0 Å². The molecule has 0 aliphatic heterocycles. The topological polar surface area (TPSA) is 106 Å². The molecule has 2 unspecified atom stereocenters. The third-order valence-electron chi connectivity index (χ3n) is 3.40. The molecule has 2 N–H and O–H groups in total. The van der Waals surface area contributed by atoms with Crippen molar-refractivity contribution in [2.24, 2.45) is 0 Å². The van der Waals surface area contributed by atoms with Crippen molar-refractivity contribution in [1.29, 1.82) is 0 Å². The number of nitrogens with zero attached hydrogens (tertiary/aromatic N) is 1. The average Bonchev–Trinajstić information content (AvgIpc) is 3.01. The van der Waals surface area contributed by atoms with Crippen molar-refractivity contribution in [3.63, 3.8) is 0 Å². The molecule has 1 amide bonds. The summed E-state index contributed by atoms with van der Waals surface area (Å²) in [6.45, 7) is 1.75. The van der Waals surface area contributed by atoms with Gasteiger partial charge in [0, 0.05) is 24.1 Å². The first-order valence-electron chi connectivity index (χ1n) is 7.20. The van der Waals surface area contributed by atoms with E-state index < -0.39 is 11.0 Å². The molecule has 2 rings (SSSR count). The Morgan fingerprint density at radius 1 is 1.35 bits per heavy atom. The van der Waals surface area contributed by atoms with Crippen LogP contribution in [0.25, 0.3) is 0 Å². The highest BCUT2D eigenvalue weighted by Gasteiger charge is 2.19. The van der Waals surface area contributed by atoms with Gasteiger partial charge in [0.1, 0.15) is 11.9 Å². The smallest absolute Gasteiger partial charge is 0.273 e. The largest absolute Gasteiger partial charge is 0.467 e. The van der Waals surface area contributed by atoms with Crippen LogP contribution in [-0.2, 0) is 11.2 Å². The number of carbonyl (C=O) groups excluding carboxylic acids is 1. The van der Waals surface area contributed by atoms with E-state index in [1.54, 1.807) is 37.3 Å². The van der Waals surface area contributed by atoms with Crippen LogP contribution in [0.2, 0.25) is 0 Å². The maximum absolute atomic E-state index is 12.0. The van der Waals surface area contributed by atoms with Crippen LogP contribution in [0.1, 0.15) is 30.8 Å². The molecule has 0 spiro atoms. The number of nitro groups is 1. The fraction of sp³-hybridized carbons (Fsp3) is 0.312. The number of hydrogen-bond acceptors (Lipinski definition) is 5. The van der Waals surface area contributed by atoms with E-state index in [-0.39, 0.29) is 30.5 Å². The Balaban J connectivity index is 1.91. The van der Waals surface area contributed by atoms with Crippen LogP contribution in [-0.4, -0.2) is 22.0 Å². The Hall–Kier alpha value is -2.67. The van der Waals surface area contributed by atoms with E-state index in [1.165, 1.54) is 12.3 Å². The highest BCUT2D eigenvalue weighted by atomic mass is 16.6. The van der Waals surface area contributed by atoms with Crippen molar-refractivity contribution in [3.8, 4) is 0 Å². The van der Waals surface area contributed by atoms with Crippen LogP contribution in [0.15, 0.2) is 47.1 Å². The van der Waals surface area contributed by atoms with Gasteiger partial charge in [-0.15, -0.1) is 0 Å². The molecule has 0 saturated heterocycles. The minimum absolute atomic E-state index is 0.0778. The van der Waals surface area contributed by atoms with E-state index in [9.17, 15) is 20.0 Å². The molecule has 0 radical (unpaired) electrons. The average molecular weight is 318 g/mol. The molecule has 0 aliphatic rings. The van der Waals surface area contributed by atoms with Crippen LogP contribution in [0.3, 0.4) is 0 Å². The molecule has 7 heteroatoms. The number of hydrogen-bond donors (Lipinski definition) is 2. The monoisotopic (exact) mass is 318 g/mol. The summed E-state index contributed by atoms with van der Waals surface area (Å²) in [5.74, 6) is 0.100. The summed E-state index contributed by atoms with van der Waals surface area (Å²) in [4.78, 5) is 22.5. The molecule has 0 fully saturated rings. The standard InChI is InChI=1S/C16H18N2O5/c1-11(9-14(19)15-7-4-8-23-15)17-16(20)10-12-5-2-3-6-13(12)18(21)22/h2-8,11,14,19H,9-10H2,1H3,(H,17,20). The van der Waals surface area contributed by atoms with E-state index in [0.717, 1.165) is 0 Å². The van der Waals surface area contributed by atoms with Crippen LogP contribution < -0.4 is 5.32 Å². The lowest BCUT2D eigenvalue weighted by molar-refractivity contribution is -0.385. The molecule has 1 aromatic carbocycles. The second-order valence-electron chi connectivity index (χ2n) is 5.30. The second-order valence-corrected chi connectivity index (χ2v) is 5.30. The van der Waals surface area contributed by atoms with Gasteiger partial charge in [0.25, 0.3) is 5.69 Å². The zero-order chi connectivity index (χ0) is 16.8. The minimum Gasteiger partial charge on any atom is -0.467 e. The highest BCUT2D eigenvalue weighted by molar-refractivity contribution is 5.80. The Labute approximate surface area is 133 Å². The predicted molar refractivity (Wildman–Crippen MR) is 82.7 cm³/mol. The van der Waals surface area contributed by atoms with Crippen molar-refractivity contribution in [2.45, 2.75) is 31.9 Å². The number of carbonyl (C=O) groups is 1. The zero-order valence-corrected chi connectivity index (χ0v) is 12.6. The molecular weight excluding hydrogens is 300 g/mol. The van der Waals surface area contributed by atoms with Crippen LogP contribution in [0, 0.1) is 10.1 Å². The van der Waals surface area contributed by atoms with Gasteiger partial charge in [-0.2, -0.15) is 0 Å². The fourth-order valence-corrected chi connectivity index (χ4v) is 2.33. The third-order valence-corrected chi connectivity index (χ3v) is 3.40. The van der Waals surface area contributed by atoms with Crippen molar-refractivity contribution >= 4 is 11.6 Å². The zero-order valence-electron chi connectivity index (χ0n) is 12.6. The summed E-state index contributed by atoms with van der Waals surface area (Å²) >= 11 is 0. The Morgan fingerprint density at radius 3 is 2.74 bits per heavy atom. The van der Waals surface area contributed by atoms with Gasteiger partial charge in [0.2, 0.25) is 5.91 Å². The summed E-state index contributed by atoms with van der Waals surface area (Å²) in [6.07, 6.45) is 0.858. The molecule has 1 aromatic heterocycles. The summed E-state index contributed by atoms with van der Waals surface area (Å²) in [7, 11) is 0. The van der Waals surface area contributed by atoms with Crippen molar-refractivity contribution in [3.05, 3.63) is 64.1 Å². The van der Waals surface area contributed by atoms with Gasteiger partial charge in [-0.05, 0) is 19.1 Å². The lowest BCUT2D eigenvalue weighted by Gasteiger charge is -2.16. The van der Waals surface area contributed by atoms with E-state index in [1.807, 2.05) is 0 Å². The Kier molecular flexibility index (Phi) is 5.48. The molecule has 2 aromatic rings. The number of aliphatic hydroxyl groups excluding tert-OH is 1. The number of benzene rings is 1. The van der Waals surface area contributed by atoms with Crippen molar-refractivity contribution in [1.82, 2.24) is 5.32 Å². The highest BCUT2D eigenvalue weighted by Crippen LogP contribution is 2.20. The number of furan rings is 1. The maximum Gasteiger partial charge on any atom is 0.273 e. The number of nitrogens with one attached hydrogen (secondary N) is 1. The molecule has 1 heterocycles. The van der Waals surface area contributed by atoms with Crippen LogP contribution >= 0.6 is 0 Å². The maximum atomic E-state index is 12.0. The van der Waals surface area contributed by atoms with Gasteiger partial charge in [-0.1, -0.05) is 18.2 Å². The quantitative estimate of drug-likeness (QED) is 0.602. The van der Waals surface area contributed by atoms with E-state index in [2.05, 4.69) is 5.32 Å². The predicted octanol–water partition coefficient (Wildman–Crippen LogP) is 2.36. The Bertz CT molecular complexity index is 669. The molecule has 0 aliphatic carbocycles. The second kappa shape index (κ2) is 7.55. The first-order valence-corrected chi connectivity index (χ1v) is 7.20. The van der Waals surface area contributed by atoms with Gasteiger partial charge >= 0.3 is 0 Å². The van der Waals surface area contributed by atoms with Gasteiger partial charge in [-0.3, -0.25) is 14.9 Å². The molecule has 7 nitrogen and oxygen atoms in total. The van der Waals surface area contributed by atoms with Crippen molar-refractivity contribution < 1.29 is 19.2 Å². The van der Waals surface area contributed by atoms with Gasteiger partial charge in [0.05, 0.1) is 17.6 Å². The fourth-order valence-electron chi connectivity index (χ4n) is 2.33. The normalized spacial score (nSPS) is 13.3. The SMILES string of the molecule is CC(CC(O)c1ccco1)NC(=O)Cc1ccccc1[N+](=O)[O-]. The number of nitro benzene ring substituents is 1.